The number of nitrogens with zero attached hydrogens (tertiary/aromatic N) is 2. The Hall–Kier alpha value is -1.05. The van der Waals surface area contributed by atoms with Crippen LogP contribution in [-0.4, -0.2) is 34.1 Å². The van der Waals surface area contributed by atoms with Crippen molar-refractivity contribution < 1.29 is 4.74 Å². The van der Waals surface area contributed by atoms with Gasteiger partial charge >= 0.3 is 0 Å². The minimum atomic E-state index is 0.403. The van der Waals surface area contributed by atoms with Crippen LogP contribution in [0, 0.1) is 0 Å². The van der Waals surface area contributed by atoms with Gasteiger partial charge in [-0.15, -0.1) is 0 Å². The number of hydrazine groups is 1. The summed E-state index contributed by atoms with van der Waals surface area (Å²) in [7, 11) is 0. The normalized spacial score (nSPS) is 22.0. The Balaban J connectivity index is 1.98. The average molecular weight is 311 g/mol. The lowest BCUT2D eigenvalue weighted by Crippen LogP contribution is -2.27. The number of hydrogen-bond acceptors (Lipinski definition) is 7. The Bertz CT molecular complexity index is 437. The molecule has 118 valence electrons. The van der Waals surface area contributed by atoms with E-state index in [4.69, 9.17) is 10.6 Å². The monoisotopic (exact) mass is 311 g/mol. The summed E-state index contributed by atoms with van der Waals surface area (Å²) in [6.45, 7) is 3.00. The molecule has 0 aliphatic heterocycles. The van der Waals surface area contributed by atoms with Crippen molar-refractivity contribution in [1.29, 1.82) is 0 Å². The first-order chi connectivity index (χ1) is 10.2. The Labute approximate surface area is 130 Å². The van der Waals surface area contributed by atoms with Crippen LogP contribution < -0.4 is 16.6 Å². The van der Waals surface area contributed by atoms with Crippen LogP contribution in [0.25, 0.3) is 0 Å². The lowest BCUT2D eigenvalue weighted by molar-refractivity contribution is 0.128. The summed E-state index contributed by atoms with van der Waals surface area (Å²) in [4.78, 5) is 8.80. The number of hydrogen-bond donors (Lipinski definition) is 3. The maximum Gasteiger partial charge on any atom is 0.158 e. The van der Waals surface area contributed by atoms with Gasteiger partial charge in [-0.05, 0) is 38.9 Å². The van der Waals surface area contributed by atoms with Crippen molar-refractivity contribution >= 4 is 23.4 Å². The van der Waals surface area contributed by atoms with Crippen LogP contribution in [0.15, 0.2) is 6.07 Å². The molecule has 0 atom stereocenters. The number of ether oxygens (including phenoxy) is 1. The molecule has 0 unspecified atom stereocenters. The molecule has 0 saturated heterocycles. The molecule has 1 fully saturated rings. The van der Waals surface area contributed by atoms with Gasteiger partial charge in [0.25, 0.3) is 0 Å². The topological polar surface area (TPSA) is 85.1 Å². The van der Waals surface area contributed by atoms with E-state index in [0.717, 1.165) is 11.1 Å². The summed E-state index contributed by atoms with van der Waals surface area (Å²) in [6, 6.07) is 2.32. The summed E-state index contributed by atoms with van der Waals surface area (Å²) in [5, 5.41) is 4.31. The molecule has 1 aromatic rings. The fraction of sp³-hybridized carbons (Fsp3) is 0.714. The van der Waals surface area contributed by atoms with E-state index in [1.807, 2.05) is 24.8 Å². The zero-order valence-electron chi connectivity index (χ0n) is 12.8. The highest BCUT2D eigenvalue weighted by Gasteiger charge is 2.20. The summed E-state index contributed by atoms with van der Waals surface area (Å²) in [6.07, 6.45) is 7.08. The SMILES string of the molecule is CCOCc1nc(NN)cc(NC2CCC(SC)CC2)n1. The Morgan fingerprint density at radius 2 is 2.00 bits per heavy atom. The lowest BCUT2D eigenvalue weighted by atomic mass is 9.95. The van der Waals surface area contributed by atoms with E-state index in [0.29, 0.717) is 30.9 Å². The van der Waals surface area contributed by atoms with E-state index in [2.05, 4.69) is 27.0 Å². The molecule has 0 radical (unpaired) electrons. The van der Waals surface area contributed by atoms with Crippen molar-refractivity contribution in [2.45, 2.75) is 50.5 Å². The third-order valence-corrected chi connectivity index (χ3v) is 4.85. The second kappa shape index (κ2) is 8.41. The molecule has 0 amide bonds. The van der Waals surface area contributed by atoms with E-state index < -0.39 is 0 Å². The maximum absolute atomic E-state index is 5.47. The first-order valence-corrected chi connectivity index (χ1v) is 8.75. The first kappa shape index (κ1) is 16.3. The number of anilines is 2. The molecule has 1 aliphatic rings. The van der Waals surface area contributed by atoms with Gasteiger partial charge in [-0.2, -0.15) is 11.8 Å². The van der Waals surface area contributed by atoms with Crippen LogP contribution in [-0.2, 0) is 11.3 Å². The molecule has 0 spiro atoms. The summed E-state index contributed by atoms with van der Waals surface area (Å²) >= 11 is 1.98. The zero-order chi connectivity index (χ0) is 15.1. The van der Waals surface area contributed by atoms with Crippen molar-refractivity contribution in [3.05, 3.63) is 11.9 Å². The van der Waals surface area contributed by atoms with Crippen LogP contribution >= 0.6 is 11.8 Å². The molecule has 21 heavy (non-hydrogen) atoms. The molecule has 1 saturated carbocycles. The standard InChI is InChI=1S/C14H25N5OS/c1-3-20-9-14-17-12(8-13(18-14)19-15)16-10-4-6-11(21-2)7-5-10/h8,10-11H,3-7,9,15H2,1-2H3,(H2,16,17,18,19). The number of nitrogens with two attached hydrogens (primary N) is 1. The molecule has 1 aromatic heterocycles. The number of nitrogen functional groups attached to an aromatic ring is 1. The van der Waals surface area contributed by atoms with Crippen molar-refractivity contribution in [1.82, 2.24) is 9.97 Å². The lowest BCUT2D eigenvalue weighted by Gasteiger charge is -2.28. The number of nitrogens with one attached hydrogen (secondary N) is 2. The van der Waals surface area contributed by atoms with E-state index in [-0.39, 0.29) is 0 Å². The fourth-order valence-corrected chi connectivity index (χ4v) is 3.30. The molecule has 0 aromatic carbocycles. The van der Waals surface area contributed by atoms with Crippen LogP contribution in [0.1, 0.15) is 38.4 Å². The largest absolute Gasteiger partial charge is 0.374 e. The number of thioether (sulfide) groups is 1. The van der Waals surface area contributed by atoms with E-state index in [1.54, 1.807) is 0 Å². The number of rotatable bonds is 7. The van der Waals surface area contributed by atoms with Gasteiger partial charge in [-0.3, -0.25) is 0 Å². The molecule has 6 nitrogen and oxygen atoms in total. The predicted octanol–water partition coefficient (Wildman–Crippen LogP) is 2.38. The van der Waals surface area contributed by atoms with Gasteiger partial charge < -0.3 is 15.5 Å². The quantitative estimate of drug-likeness (QED) is 0.526. The third-order valence-electron chi connectivity index (χ3n) is 3.72. The Morgan fingerprint density at radius 3 is 2.62 bits per heavy atom. The fourth-order valence-electron chi connectivity index (χ4n) is 2.55. The van der Waals surface area contributed by atoms with E-state index >= 15 is 0 Å². The first-order valence-electron chi connectivity index (χ1n) is 7.46. The number of aromatic nitrogens is 2. The van der Waals surface area contributed by atoms with Crippen LogP contribution in [0.3, 0.4) is 0 Å². The summed E-state index contributed by atoms with van der Waals surface area (Å²) in [5.74, 6) is 7.55. The van der Waals surface area contributed by atoms with Gasteiger partial charge in [0.15, 0.2) is 5.82 Å². The van der Waals surface area contributed by atoms with Gasteiger partial charge in [0.05, 0.1) is 0 Å². The smallest absolute Gasteiger partial charge is 0.158 e. The minimum Gasteiger partial charge on any atom is -0.374 e. The second-order valence-corrected chi connectivity index (χ2v) is 6.33. The van der Waals surface area contributed by atoms with Gasteiger partial charge in [0.2, 0.25) is 0 Å². The van der Waals surface area contributed by atoms with Crippen molar-refractivity contribution in [3.63, 3.8) is 0 Å². The van der Waals surface area contributed by atoms with Crippen molar-refractivity contribution in [2.75, 3.05) is 23.6 Å². The van der Waals surface area contributed by atoms with Crippen LogP contribution in [0.4, 0.5) is 11.6 Å². The average Bonchev–Trinajstić information content (AvgIpc) is 2.53. The van der Waals surface area contributed by atoms with Gasteiger partial charge in [0, 0.05) is 24.0 Å². The highest BCUT2D eigenvalue weighted by atomic mass is 32.2. The van der Waals surface area contributed by atoms with E-state index in [1.165, 1.54) is 25.7 Å². The highest BCUT2D eigenvalue weighted by molar-refractivity contribution is 7.99. The van der Waals surface area contributed by atoms with Gasteiger partial charge in [0.1, 0.15) is 18.2 Å². The van der Waals surface area contributed by atoms with Gasteiger partial charge in [-0.1, -0.05) is 0 Å². The third kappa shape index (κ3) is 5.01. The zero-order valence-corrected chi connectivity index (χ0v) is 13.6. The minimum absolute atomic E-state index is 0.403. The second-order valence-electron chi connectivity index (χ2n) is 5.19. The van der Waals surface area contributed by atoms with Crippen molar-refractivity contribution in [2.24, 2.45) is 5.84 Å². The summed E-state index contributed by atoms with van der Waals surface area (Å²) < 4.78 is 5.37. The molecule has 7 heteroatoms. The molecule has 1 heterocycles. The molecular weight excluding hydrogens is 286 g/mol. The van der Waals surface area contributed by atoms with E-state index in [9.17, 15) is 0 Å². The summed E-state index contributed by atoms with van der Waals surface area (Å²) in [5.41, 5.74) is 2.59. The Kier molecular flexibility index (Phi) is 6.53. The molecular formula is C14H25N5OS. The molecule has 1 aliphatic carbocycles. The van der Waals surface area contributed by atoms with Crippen LogP contribution in [0.2, 0.25) is 0 Å². The van der Waals surface area contributed by atoms with Crippen molar-refractivity contribution in [3.8, 4) is 0 Å². The maximum atomic E-state index is 5.47. The Morgan fingerprint density at radius 1 is 1.29 bits per heavy atom. The van der Waals surface area contributed by atoms with Gasteiger partial charge in [-0.25, -0.2) is 15.8 Å². The van der Waals surface area contributed by atoms with Crippen LogP contribution in [0.5, 0.6) is 0 Å². The molecule has 0 bridgehead atoms. The highest BCUT2D eigenvalue weighted by Crippen LogP contribution is 2.28. The molecule has 4 N–H and O–H groups in total. The molecule has 2 rings (SSSR count). The predicted molar refractivity (Wildman–Crippen MR) is 88.4 cm³/mol.